The fraction of sp³-hybridized carbons (Fsp3) is 0.725. The van der Waals surface area contributed by atoms with Crippen LogP contribution in [0.3, 0.4) is 0 Å². The number of carbonyl (C=O) groups excluding carboxylic acids is 10. The van der Waals surface area contributed by atoms with Crippen LogP contribution in [0.1, 0.15) is 69.2 Å². The second-order valence-corrected chi connectivity index (χ2v) is 14.8. The van der Waals surface area contributed by atoms with Gasteiger partial charge in [0, 0.05) is 76.3 Å². The van der Waals surface area contributed by atoms with Crippen LogP contribution in [0.25, 0.3) is 0 Å². The van der Waals surface area contributed by atoms with Gasteiger partial charge in [0.2, 0.25) is 0 Å². The molecular formula is C40H54N2O25. The van der Waals surface area contributed by atoms with E-state index in [1.807, 2.05) is 0 Å². The average molecular weight is 963 g/mol. The fourth-order valence-electron chi connectivity index (χ4n) is 7.01. The molecule has 0 N–H and O–H groups in total. The van der Waals surface area contributed by atoms with Crippen molar-refractivity contribution in [2.45, 2.75) is 161 Å². The predicted octanol–water partition coefficient (Wildman–Crippen LogP) is -1.05. The van der Waals surface area contributed by atoms with E-state index in [-0.39, 0.29) is 0 Å². The van der Waals surface area contributed by atoms with Crippen LogP contribution < -0.4 is 0 Å². The smallest absolute Gasteiger partial charge is 0.303 e. The van der Waals surface area contributed by atoms with Crippen LogP contribution in [-0.4, -0.2) is 185 Å². The average Bonchev–Trinajstić information content (AvgIpc) is 3.19. The first-order chi connectivity index (χ1) is 31.4. The van der Waals surface area contributed by atoms with Crippen LogP contribution >= 0.6 is 0 Å². The lowest BCUT2D eigenvalue weighted by Crippen LogP contribution is -2.67. The molecular weight excluding hydrogens is 908 g/mol. The third kappa shape index (κ3) is 16.9. The van der Waals surface area contributed by atoms with Gasteiger partial charge in [-0.25, -0.2) is 4.99 Å². The third-order valence-electron chi connectivity index (χ3n) is 9.16. The van der Waals surface area contributed by atoms with Crippen molar-refractivity contribution in [1.82, 2.24) is 0 Å². The molecule has 0 aromatic heterocycles. The molecule has 0 amide bonds. The zero-order valence-corrected chi connectivity index (χ0v) is 38.4. The topological polar surface area (TPSA) is 334 Å². The summed E-state index contributed by atoms with van der Waals surface area (Å²) < 4.78 is 83.8. The standard InChI is InChI=1S/C40H54N2O25/c1-16(43)54-13-27-31(67-40-37(63-25(10)52)34(60-22(7)49)30(57-19(4)46)28(66-40)14-55-17(2)44)32(58-20(5)47)35(61-23(8)50)38(64-27)42-15-41-12-26-29(56-18(3)45)33(59-21(6)48)36(62-24(9)51)39(53-11)65-26/h26-40H,12-14H2,1-11H3/t26-,27-,28-,29-,30-,31-,32+,33+,34+,35-,36-,37-,38-,39+,40+/m1/s1. The van der Waals surface area contributed by atoms with E-state index >= 15 is 0 Å². The molecule has 0 aromatic carbocycles. The van der Waals surface area contributed by atoms with Crippen LogP contribution in [0.5, 0.6) is 0 Å². The van der Waals surface area contributed by atoms with Gasteiger partial charge in [-0.3, -0.25) is 47.9 Å². The van der Waals surface area contributed by atoms with E-state index in [4.69, 9.17) is 71.1 Å². The fourth-order valence-corrected chi connectivity index (χ4v) is 7.01. The normalized spacial score (nSPS) is 31.1. The summed E-state index contributed by atoms with van der Waals surface area (Å²) in [4.78, 5) is 131. The Morgan fingerprint density at radius 3 is 1.16 bits per heavy atom. The van der Waals surface area contributed by atoms with Gasteiger partial charge in [0.05, 0.1) is 12.6 Å². The molecule has 0 saturated carbocycles. The maximum absolute atomic E-state index is 12.8. The highest BCUT2D eigenvalue weighted by molar-refractivity contribution is 5.70. The summed E-state index contributed by atoms with van der Waals surface area (Å²) in [6, 6.07) is 2.35. The van der Waals surface area contributed by atoms with E-state index in [1.165, 1.54) is 7.11 Å². The lowest BCUT2D eigenvalue weighted by atomic mass is 9.95. The van der Waals surface area contributed by atoms with Crippen molar-refractivity contribution in [2.75, 3.05) is 26.9 Å². The number of hydrogen-bond acceptors (Lipinski definition) is 27. The first kappa shape index (κ1) is 55.2. The Bertz CT molecular complexity index is 1900. The number of nitrogens with zero attached hydrogens (tertiary/aromatic N) is 2. The van der Waals surface area contributed by atoms with E-state index in [0.717, 1.165) is 69.2 Å². The highest BCUT2D eigenvalue weighted by atomic mass is 16.8. The Kier molecular flexibility index (Phi) is 21.2. The second kappa shape index (κ2) is 25.7. The van der Waals surface area contributed by atoms with Gasteiger partial charge in [-0.15, -0.1) is 0 Å². The lowest BCUT2D eigenvalue weighted by Gasteiger charge is -2.48. The van der Waals surface area contributed by atoms with Crippen LogP contribution in [-0.2, 0) is 119 Å². The van der Waals surface area contributed by atoms with Crippen molar-refractivity contribution in [3.63, 3.8) is 0 Å². The number of aliphatic imine (C=N–C) groups is 2. The largest absolute Gasteiger partial charge is 0.463 e. The summed E-state index contributed by atoms with van der Waals surface area (Å²) in [7, 11) is 1.20. The molecule has 0 radical (unpaired) electrons. The van der Waals surface area contributed by atoms with Gasteiger partial charge in [0.25, 0.3) is 0 Å². The number of methoxy groups -OCH3 is 1. The summed E-state index contributed by atoms with van der Waals surface area (Å²) in [6.07, 6.45) is -24.1. The minimum absolute atomic E-state index is 0.476. The van der Waals surface area contributed by atoms with Crippen molar-refractivity contribution in [3.05, 3.63) is 0 Å². The van der Waals surface area contributed by atoms with Crippen LogP contribution in [0.4, 0.5) is 0 Å². The Morgan fingerprint density at radius 1 is 0.403 bits per heavy atom. The first-order valence-electron chi connectivity index (χ1n) is 20.3. The van der Waals surface area contributed by atoms with Gasteiger partial charge >= 0.3 is 59.7 Å². The quantitative estimate of drug-likeness (QED) is 0.0898. The van der Waals surface area contributed by atoms with Gasteiger partial charge in [-0.1, -0.05) is 0 Å². The van der Waals surface area contributed by atoms with E-state index in [1.54, 1.807) is 0 Å². The Morgan fingerprint density at radius 2 is 0.746 bits per heavy atom. The van der Waals surface area contributed by atoms with Gasteiger partial charge in [-0.05, 0) is 0 Å². The van der Waals surface area contributed by atoms with Crippen molar-refractivity contribution in [1.29, 1.82) is 0 Å². The van der Waals surface area contributed by atoms with E-state index in [2.05, 4.69) is 16.0 Å². The summed E-state index contributed by atoms with van der Waals surface area (Å²) >= 11 is 0. The molecule has 0 aliphatic carbocycles. The number of rotatable bonds is 18. The molecule has 0 spiro atoms. The summed E-state index contributed by atoms with van der Waals surface area (Å²) in [5, 5.41) is 0. The molecule has 27 nitrogen and oxygen atoms in total. The number of hydrogen-bond donors (Lipinski definition) is 0. The number of carbonyl (C=O) groups is 10. The van der Waals surface area contributed by atoms with Gasteiger partial charge in [0.1, 0.15) is 37.6 Å². The van der Waals surface area contributed by atoms with Crippen molar-refractivity contribution < 1.29 is 119 Å². The van der Waals surface area contributed by atoms with Crippen LogP contribution in [0.2, 0.25) is 0 Å². The molecule has 0 bridgehead atoms. The summed E-state index contributed by atoms with van der Waals surface area (Å²) in [6.45, 7) is 8.46. The second-order valence-electron chi connectivity index (χ2n) is 14.8. The maximum Gasteiger partial charge on any atom is 0.303 e. The van der Waals surface area contributed by atoms with Crippen molar-refractivity contribution >= 4 is 65.7 Å². The Balaban J connectivity index is 2.16. The zero-order valence-electron chi connectivity index (χ0n) is 38.4. The van der Waals surface area contributed by atoms with Crippen molar-refractivity contribution in [3.8, 4) is 0 Å². The first-order valence-corrected chi connectivity index (χ1v) is 20.3. The predicted molar refractivity (Wildman–Crippen MR) is 210 cm³/mol. The molecule has 374 valence electrons. The SMILES string of the molecule is CO[C@H]1O[C@H](CN=C=N[C@@H]2O[C@H](COC(C)=O)[C@@H](O[C@@H]3O[C@H](COC(C)=O)[C@@H](OC(C)=O)[C@H](OC(C)=O)[C@H]3OC(C)=O)[C@H](OC(C)=O)[C@H]2OC(C)=O)[C@@H](OC(C)=O)[C@H](OC(C)=O)[C@H]1OC(C)=O. The highest BCUT2D eigenvalue weighted by Gasteiger charge is 2.58. The maximum atomic E-state index is 12.8. The van der Waals surface area contributed by atoms with Gasteiger partial charge in [-0.2, -0.15) is 4.99 Å². The van der Waals surface area contributed by atoms with Gasteiger partial charge < -0.3 is 71.1 Å². The number of ether oxygens (including phenoxy) is 15. The van der Waals surface area contributed by atoms with Crippen LogP contribution in [0, 0.1) is 0 Å². The van der Waals surface area contributed by atoms with Gasteiger partial charge in [0.15, 0.2) is 67.6 Å². The molecule has 3 heterocycles. The molecule has 3 aliphatic heterocycles. The Hall–Kier alpha value is -6.12. The molecule has 0 aromatic rings. The zero-order chi connectivity index (χ0) is 50.3. The molecule has 3 aliphatic rings. The molecule has 0 unspecified atom stereocenters. The van der Waals surface area contributed by atoms with E-state index in [0.29, 0.717) is 0 Å². The van der Waals surface area contributed by atoms with E-state index < -0.39 is 172 Å². The monoisotopic (exact) mass is 962 g/mol. The van der Waals surface area contributed by atoms with Crippen LogP contribution in [0.15, 0.2) is 9.98 Å². The summed E-state index contributed by atoms with van der Waals surface area (Å²) in [5.41, 5.74) is 0. The van der Waals surface area contributed by atoms with Crippen molar-refractivity contribution in [2.24, 2.45) is 9.98 Å². The molecule has 15 atom stereocenters. The minimum Gasteiger partial charge on any atom is -0.463 e. The molecule has 67 heavy (non-hydrogen) atoms. The molecule has 27 heteroatoms. The third-order valence-corrected chi connectivity index (χ3v) is 9.16. The van der Waals surface area contributed by atoms with E-state index in [9.17, 15) is 47.9 Å². The molecule has 3 rings (SSSR count). The molecule has 3 fully saturated rings. The molecule has 3 saturated heterocycles. The minimum atomic E-state index is -1.92. The highest BCUT2D eigenvalue weighted by Crippen LogP contribution is 2.36. The Labute approximate surface area is 382 Å². The number of esters is 10. The summed E-state index contributed by atoms with van der Waals surface area (Å²) in [5.74, 6) is -8.96. The lowest BCUT2D eigenvalue weighted by molar-refractivity contribution is -0.344.